The van der Waals surface area contributed by atoms with Crippen LogP contribution in [0.3, 0.4) is 0 Å². The van der Waals surface area contributed by atoms with Gasteiger partial charge in [0.15, 0.2) is 0 Å². The van der Waals surface area contributed by atoms with Crippen LogP contribution in [0.15, 0.2) is 47.5 Å². The Bertz CT molecular complexity index is 946. The van der Waals surface area contributed by atoms with Gasteiger partial charge in [0, 0.05) is 21.4 Å². The first-order valence-corrected chi connectivity index (χ1v) is 13.7. The van der Waals surface area contributed by atoms with Crippen LogP contribution in [0.4, 0.5) is 0 Å². The van der Waals surface area contributed by atoms with E-state index in [-0.39, 0.29) is 40.6 Å². The van der Waals surface area contributed by atoms with Gasteiger partial charge in [-0.25, -0.2) is 0 Å². The summed E-state index contributed by atoms with van der Waals surface area (Å²) >= 11 is 0. The largest absolute Gasteiger partial charge is 1.00 e. The van der Waals surface area contributed by atoms with Crippen LogP contribution in [-0.2, 0) is 0 Å². The average molecular weight is 443 g/mol. The molecule has 0 nitrogen and oxygen atoms in total. The maximum atomic E-state index is 2.52. The zero-order valence-electron chi connectivity index (χ0n) is 24.3. The number of benzene rings is 2. The summed E-state index contributed by atoms with van der Waals surface area (Å²) in [5.74, 6) is 2.45. The predicted octanol–water partition coefficient (Wildman–Crippen LogP) is 3.19. The number of rotatable bonds is 8. The van der Waals surface area contributed by atoms with Crippen LogP contribution in [0.25, 0.3) is 12.2 Å². The van der Waals surface area contributed by atoms with Gasteiger partial charge < -0.3 is 2.85 Å². The molecule has 0 aliphatic heterocycles. The smallest absolute Gasteiger partial charge is 1.00 e. The minimum absolute atomic E-state index is 0. The Morgan fingerprint density at radius 1 is 0.697 bits per heavy atom. The summed E-state index contributed by atoms with van der Waals surface area (Å²) in [6.07, 6.45) is 7.39. The summed E-state index contributed by atoms with van der Waals surface area (Å²) in [5, 5.41) is 0. The first-order valence-electron chi connectivity index (χ1n) is 12.3. The van der Waals surface area contributed by atoms with Crippen molar-refractivity contribution in [2.24, 2.45) is 0 Å². The average Bonchev–Trinajstić information content (AvgIpc) is 3.31. The molecular weight excluding hydrogens is 402 g/mol. The molecule has 3 heteroatoms. The topological polar surface area (TPSA) is 0 Å². The molecule has 0 bridgehead atoms. The van der Waals surface area contributed by atoms with Crippen LogP contribution in [0.5, 0.6) is 0 Å². The molecule has 0 fully saturated rings. The van der Waals surface area contributed by atoms with Crippen molar-refractivity contribution in [1.29, 1.82) is 0 Å². The third kappa shape index (κ3) is 5.61. The fourth-order valence-corrected chi connectivity index (χ4v) is 7.38. The Balaban J connectivity index is 0.00000289. The molecule has 0 amide bonds. The van der Waals surface area contributed by atoms with Gasteiger partial charge in [0.1, 0.15) is 0 Å². The molecule has 2 aliphatic carbocycles. The molecule has 0 N–H and O–H groups in total. The van der Waals surface area contributed by atoms with Crippen molar-refractivity contribution in [2.75, 3.05) is 0 Å². The van der Waals surface area contributed by atoms with Crippen LogP contribution >= 0.6 is 0 Å². The molecule has 33 heavy (non-hydrogen) atoms. The second kappa shape index (κ2) is 12.3. The van der Waals surface area contributed by atoms with Gasteiger partial charge in [-0.2, -0.15) is 0 Å². The molecule has 0 heterocycles. The van der Waals surface area contributed by atoms with Crippen LogP contribution in [0, 0.1) is 0 Å². The van der Waals surface area contributed by atoms with E-state index in [1.54, 1.807) is 22.3 Å². The van der Waals surface area contributed by atoms with E-state index < -0.39 is 0 Å². The second-order valence-electron chi connectivity index (χ2n) is 9.92. The molecule has 0 aromatic heterocycles. The monoisotopic (exact) mass is 442 g/mol. The van der Waals surface area contributed by atoms with Gasteiger partial charge in [-0.15, -0.1) is 0 Å². The number of hydrogen-bond donors (Lipinski definition) is 0. The van der Waals surface area contributed by atoms with Gasteiger partial charge in [0.05, 0.1) is 0 Å². The first-order chi connectivity index (χ1) is 15.0. The number of hydrogen-bond acceptors (Lipinski definition) is 0. The standard InChI is InChI=1S/C30H38Si.2Li.2H/c1-7-21-15-27-23(19(3)4)11-9-13-25(27)29(21)17-31-18-30-22(8-2)16-28-24(20(5)6)12-10-14-26(28)30;;;;/h9-16,19-20,29-30H,7-8,17-18H2,1-6H3;;;;/q;2*+1;2*-1. The van der Waals surface area contributed by atoms with Gasteiger partial charge in [-0.05, 0) is 58.1 Å². The SMILES string of the molecule is CCC1=Cc2c(C(C)C)cccc2C1C[Si]CC1C(CC)=Cc2c(C(C)C)cccc21.[H-].[H-].[Li+].[Li+]. The fraction of sp³-hybridized carbons (Fsp3) is 0.467. The quantitative estimate of drug-likeness (QED) is 0.551. The fourth-order valence-electron chi connectivity index (χ4n) is 5.67. The molecule has 0 saturated heterocycles. The number of fused-ring (bicyclic) bond motifs is 2. The molecule has 166 valence electrons. The van der Waals surface area contributed by atoms with Crippen molar-refractivity contribution in [2.45, 2.75) is 90.1 Å². The zero-order chi connectivity index (χ0) is 22.1. The zero-order valence-corrected chi connectivity index (χ0v) is 23.3. The molecule has 4 rings (SSSR count). The summed E-state index contributed by atoms with van der Waals surface area (Å²) in [4.78, 5) is 0. The Morgan fingerprint density at radius 2 is 1.09 bits per heavy atom. The molecule has 2 aromatic rings. The molecule has 0 spiro atoms. The van der Waals surface area contributed by atoms with Gasteiger partial charge in [0.2, 0.25) is 0 Å². The van der Waals surface area contributed by atoms with E-state index in [1.807, 2.05) is 0 Å². The molecule has 2 unspecified atom stereocenters. The molecule has 2 aromatic carbocycles. The van der Waals surface area contributed by atoms with Crippen LogP contribution in [0.1, 0.15) is 114 Å². The summed E-state index contributed by atoms with van der Waals surface area (Å²) in [6, 6.07) is 16.6. The third-order valence-corrected chi connectivity index (χ3v) is 8.80. The van der Waals surface area contributed by atoms with E-state index in [0.717, 1.165) is 9.52 Å². The number of allylic oxidation sites excluding steroid dienone is 2. The van der Waals surface area contributed by atoms with Gasteiger partial charge in [-0.1, -0.05) is 113 Å². The van der Waals surface area contributed by atoms with Crippen molar-refractivity contribution in [1.82, 2.24) is 0 Å². The Kier molecular flexibility index (Phi) is 10.7. The van der Waals surface area contributed by atoms with E-state index in [4.69, 9.17) is 0 Å². The molecule has 2 atom stereocenters. The minimum Gasteiger partial charge on any atom is -1.00 e. The van der Waals surface area contributed by atoms with E-state index in [1.165, 1.54) is 47.2 Å². The van der Waals surface area contributed by atoms with Crippen molar-refractivity contribution in [3.05, 3.63) is 80.9 Å². The third-order valence-electron chi connectivity index (χ3n) is 7.41. The summed E-state index contributed by atoms with van der Waals surface area (Å²) < 4.78 is 0. The minimum atomic E-state index is 0. The van der Waals surface area contributed by atoms with E-state index in [0.29, 0.717) is 23.7 Å². The van der Waals surface area contributed by atoms with Crippen molar-refractivity contribution in [3.63, 3.8) is 0 Å². The summed E-state index contributed by atoms with van der Waals surface area (Å²) in [7, 11) is 1.00. The van der Waals surface area contributed by atoms with Crippen LogP contribution in [0.2, 0.25) is 12.1 Å². The van der Waals surface area contributed by atoms with Crippen molar-refractivity contribution in [3.8, 4) is 0 Å². The molecular formula is C30H40Li2Si. The Hall–Kier alpha value is -0.668. The maximum absolute atomic E-state index is 2.52. The van der Waals surface area contributed by atoms with Crippen molar-refractivity contribution < 1.29 is 40.6 Å². The van der Waals surface area contributed by atoms with Gasteiger partial charge in [-0.3, -0.25) is 0 Å². The molecule has 2 aliphatic rings. The normalized spacial score (nSPS) is 18.4. The molecule has 0 saturated carbocycles. The van der Waals surface area contributed by atoms with E-state index in [2.05, 4.69) is 90.1 Å². The van der Waals surface area contributed by atoms with Crippen LogP contribution < -0.4 is 37.7 Å². The Labute approximate surface area is 232 Å². The second-order valence-corrected chi connectivity index (χ2v) is 11.2. The molecule has 2 radical (unpaired) electrons. The summed E-state index contributed by atoms with van der Waals surface area (Å²) in [6.45, 7) is 14.0. The Morgan fingerprint density at radius 3 is 1.42 bits per heavy atom. The maximum Gasteiger partial charge on any atom is 1.00 e. The van der Waals surface area contributed by atoms with E-state index >= 15 is 0 Å². The van der Waals surface area contributed by atoms with E-state index in [9.17, 15) is 0 Å². The van der Waals surface area contributed by atoms with Crippen LogP contribution in [-0.4, -0.2) is 9.52 Å². The van der Waals surface area contributed by atoms with Gasteiger partial charge in [0.25, 0.3) is 0 Å². The van der Waals surface area contributed by atoms with Crippen molar-refractivity contribution >= 4 is 21.7 Å². The first kappa shape index (κ1) is 28.6. The summed E-state index contributed by atoms with van der Waals surface area (Å²) in [5.41, 5.74) is 12.6. The van der Waals surface area contributed by atoms with Gasteiger partial charge >= 0.3 is 37.7 Å². The predicted molar refractivity (Wildman–Crippen MR) is 141 cm³/mol.